The van der Waals surface area contributed by atoms with Crippen LogP contribution in [0.5, 0.6) is 0 Å². The molecule has 1 fully saturated rings. The number of piperazine rings is 1. The molecule has 1 amide bonds. The van der Waals surface area contributed by atoms with E-state index in [0.717, 1.165) is 74.4 Å². The van der Waals surface area contributed by atoms with Crippen molar-refractivity contribution in [2.45, 2.75) is 12.8 Å². The Labute approximate surface area is 190 Å². The molecule has 5 heteroatoms. The van der Waals surface area contributed by atoms with Gasteiger partial charge in [0.1, 0.15) is 0 Å². The van der Waals surface area contributed by atoms with Crippen LogP contribution in [-0.2, 0) is 12.8 Å². The Morgan fingerprint density at radius 2 is 1.66 bits per heavy atom. The van der Waals surface area contributed by atoms with Crippen LogP contribution >= 0.6 is 0 Å². The van der Waals surface area contributed by atoms with Gasteiger partial charge < -0.3 is 14.7 Å². The Hall–Kier alpha value is -3.18. The van der Waals surface area contributed by atoms with Crippen molar-refractivity contribution in [3.05, 3.63) is 83.7 Å². The van der Waals surface area contributed by atoms with Crippen LogP contribution in [0.2, 0.25) is 0 Å². The molecular formula is C27H30N4O. The van der Waals surface area contributed by atoms with E-state index >= 15 is 0 Å². The molecule has 0 N–H and O–H groups in total. The fourth-order valence-electron chi connectivity index (χ4n) is 4.81. The number of aromatic nitrogens is 1. The second-order valence-electron chi connectivity index (χ2n) is 8.82. The zero-order valence-electron chi connectivity index (χ0n) is 18.7. The number of pyridine rings is 1. The topological polar surface area (TPSA) is 39.7 Å². The summed E-state index contributed by atoms with van der Waals surface area (Å²) in [5.74, 6) is 0.157. The van der Waals surface area contributed by atoms with E-state index in [9.17, 15) is 4.79 Å². The minimum Gasteiger partial charge on any atom is -0.369 e. The highest BCUT2D eigenvalue weighted by molar-refractivity contribution is 5.97. The number of carbonyl (C=O) groups is 1. The van der Waals surface area contributed by atoms with E-state index in [1.165, 1.54) is 11.3 Å². The first-order valence-corrected chi connectivity index (χ1v) is 11.5. The van der Waals surface area contributed by atoms with E-state index in [1.807, 2.05) is 35.5 Å². The number of hydrogen-bond acceptors (Lipinski definition) is 4. The van der Waals surface area contributed by atoms with Gasteiger partial charge >= 0.3 is 0 Å². The molecule has 0 bridgehead atoms. The first-order chi connectivity index (χ1) is 15.7. The van der Waals surface area contributed by atoms with Gasteiger partial charge in [-0.3, -0.25) is 9.78 Å². The van der Waals surface area contributed by atoms with Crippen LogP contribution in [0.25, 0.3) is 11.1 Å². The van der Waals surface area contributed by atoms with Crippen molar-refractivity contribution in [1.82, 2.24) is 14.8 Å². The number of carbonyl (C=O) groups excluding carboxylic acids is 1. The lowest BCUT2D eigenvalue weighted by molar-refractivity contribution is 0.0742. The number of likely N-dealkylation sites (N-methyl/N-ethyl adjacent to an activating group) is 1. The van der Waals surface area contributed by atoms with Crippen molar-refractivity contribution in [3.63, 3.8) is 0 Å². The lowest BCUT2D eigenvalue weighted by atomic mass is 9.94. The lowest BCUT2D eigenvalue weighted by Gasteiger charge is -2.35. The van der Waals surface area contributed by atoms with Crippen molar-refractivity contribution in [2.75, 3.05) is 51.2 Å². The highest BCUT2D eigenvalue weighted by Crippen LogP contribution is 2.27. The number of fused-ring (bicyclic) bond motifs is 1. The van der Waals surface area contributed by atoms with E-state index in [2.05, 4.69) is 58.2 Å². The Balaban J connectivity index is 1.28. The van der Waals surface area contributed by atoms with Gasteiger partial charge in [0, 0.05) is 62.9 Å². The number of amides is 1. The average Bonchev–Trinajstić information content (AvgIpc) is 2.85. The van der Waals surface area contributed by atoms with Crippen LogP contribution in [0.1, 0.15) is 21.5 Å². The van der Waals surface area contributed by atoms with Gasteiger partial charge in [-0.2, -0.15) is 0 Å². The summed E-state index contributed by atoms with van der Waals surface area (Å²) in [6.45, 7) is 5.85. The lowest BCUT2D eigenvalue weighted by Crippen LogP contribution is -2.45. The SMILES string of the molecule is CN1CCN(c2ccccc2CCN2CCc3cc(-c4ccncc4)ccc3C2=O)CC1. The third kappa shape index (κ3) is 4.26. The molecular weight excluding hydrogens is 396 g/mol. The molecule has 0 aliphatic carbocycles. The standard InChI is InChI=1S/C27H30N4O/c1-29-16-18-30(19-17-29)26-5-3-2-4-22(26)10-14-31-15-11-24-20-23(6-7-25(24)27(31)32)21-8-12-28-13-9-21/h2-9,12-13,20H,10-11,14-19H2,1H3. The first-order valence-electron chi connectivity index (χ1n) is 11.5. The van der Waals surface area contributed by atoms with E-state index in [0.29, 0.717) is 0 Å². The monoisotopic (exact) mass is 426 g/mol. The molecule has 3 aromatic rings. The van der Waals surface area contributed by atoms with E-state index in [4.69, 9.17) is 0 Å². The summed E-state index contributed by atoms with van der Waals surface area (Å²) < 4.78 is 0. The number of rotatable bonds is 5. The molecule has 1 saturated heterocycles. The van der Waals surface area contributed by atoms with Crippen molar-refractivity contribution < 1.29 is 4.79 Å². The summed E-state index contributed by atoms with van der Waals surface area (Å²) in [5.41, 5.74) is 6.95. The van der Waals surface area contributed by atoms with Gasteiger partial charge in [-0.05, 0) is 66.4 Å². The summed E-state index contributed by atoms with van der Waals surface area (Å²) >= 11 is 0. The fourth-order valence-corrected chi connectivity index (χ4v) is 4.81. The number of anilines is 1. The van der Waals surface area contributed by atoms with Crippen molar-refractivity contribution in [2.24, 2.45) is 0 Å². The summed E-state index contributed by atoms with van der Waals surface area (Å²) in [5, 5.41) is 0. The zero-order valence-corrected chi connectivity index (χ0v) is 18.7. The predicted molar refractivity (Wildman–Crippen MR) is 129 cm³/mol. The van der Waals surface area contributed by atoms with Crippen LogP contribution in [0.15, 0.2) is 67.0 Å². The molecule has 0 atom stereocenters. The molecule has 5 rings (SSSR count). The highest BCUT2D eigenvalue weighted by Gasteiger charge is 2.25. The Morgan fingerprint density at radius 3 is 2.47 bits per heavy atom. The molecule has 3 heterocycles. The molecule has 2 aliphatic heterocycles. The second kappa shape index (κ2) is 9.13. The molecule has 0 unspecified atom stereocenters. The number of para-hydroxylation sites is 1. The van der Waals surface area contributed by atoms with Gasteiger partial charge in [0.15, 0.2) is 0 Å². The average molecular weight is 427 g/mol. The van der Waals surface area contributed by atoms with E-state index in [1.54, 1.807) is 0 Å². The fraction of sp³-hybridized carbons (Fsp3) is 0.333. The highest BCUT2D eigenvalue weighted by atomic mass is 16.2. The van der Waals surface area contributed by atoms with Crippen molar-refractivity contribution >= 4 is 11.6 Å². The summed E-state index contributed by atoms with van der Waals surface area (Å²) in [6, 6.07) is 18.9. The molecule has 2 aliphatic rings. The minimum atomic E-state index is 0.157. The molecule has 0 radical (unpaired) electrons. The third-order valence-corrected chi connectivity index (χ3v) is 6.77. The first kappa shape index (κ1) is 20.7. The van der Waals surface area contributed by atoms with Gasteiger partial charge in [0.05, 0.1) is 0 Å². The van der Waals surface area contributed by atoms with E-state index < -0.39 is 0 Å². The van der Waals surface area contributed by atoms with Gasteiger partial charge in [-0.15, -0.1) is 0 Å². The van der Waals surface area contributed by atoms with Crippen molar-refractivity contribution in [1.29, 1.82) is 0 Å². The maximum absolute atomic E-state index is 13.2. The van der Waals surface area contributed by atoms with E-state index in [-0.39, 0.29) is 5.91 Å². The Morgan fingerprint density at radius 1 is 0.875 bits per heavy atom. The van der Waals surface area contributed by atoms with Gasteiger partial charge in [0.2, 0.25) is 0 Å². The van der Waals surface area contributed by atoms with Gasteiger partial charge in [-0.1, -0.05) is 30.3 Å². The van der Waals surface area contributed by atoms with Gasteiger partial charge in [-0.25, -0.2) is 0 Å². The zero-order chi connectivity index (χ0) is 21.9. The molecule has 32 heavy (non-hydrogen) atoms. The van der Waals surface area contributed by atoms with Crippen LogP contribution in [0.4, 0.5) is 5.69 Å². The van der Waals surface area contributed by atoms with Crippen LogP contribution in [-0.4, -0.2) is 67.0 Å². The third-order valence-electron chi connectivity index (χ3n) is 6.77. The molecule has 5 nitrogen and oxygen atoms in total. The minimum absolute atomic E-state index is 0.157. The summed E-state index contributed by atoms with van der Waals surface area (Å²) in [7, 11) is 2.18. The smallest absolute Gasteiger partial charge is 0.254 e. The predicted octanol–water partition coefficient (Wildman–Crippen LogP) is 3.74. The van der Waals surface area contributed by atoms with Crippen molar-refractivity contribution in [3.8, 4) is 11.1 Å². The Kier molecular flexibility index (Phi) is 5.91. The summed E-state index contributed by atoms with van der Waals surface area (Å²) in [6.07, 6.45) is 5.40. The maximum Gasteiger partial charge on any atom is 0.254 e. The quantitative estimate of drug-likeness (QED) is 0.623. The molecule has 1 aromatic heterocycles. The Bertz CT molecular complexity index is 1090. The van der Waals surface area contributed by atoms with Crippen LogP contribution in [0, 0.1) is 0 Å². The normalized spacial score (nSPS) is 16.8. The van der Waals surface area contributed by atoms with Gasteiger partial charge in [0.25, 0.3) is 5.91 Å². The molecule has 0 spiro atoms. The molecule has 0 saturated carbocycles. The summed E-state index contributed by atoms with van der Waals surface area (Å²) in [4.78, 5) is 24.2. The maximum atomic E-state index is 13.2. The largest absolute Gasteiger partial charge is 0.369 e. The number of hydrogen-bond donors (Lipinski definition) is 0. The second-order valence-corrected chi connectivity index (χ2v) is 8.82. The number of nitrogens with zero attached hydrogens (tertiary/aromatic N) is 4. The van der Waals surface area contributed by atoms with Crippen LogP contribution in [0.3, 0.4) is 0 Å². The number of benzene rings is 2. The van der Waals surface area contributed by atoms with Crippen LogP contribution < -0.4 is 4.90 Å². The molecule has 164 valence electrons. The molecule has 2 aromatic carbocycles.